The second kappa shape index (κ2) is 20.9. The molecular weight excluding hydrogens is 1040 g/mol. The van der Waals surface area contributed by atoms with E-state index < -0.39 is 0 Å². The molecule has 0 saturated carbocycles. The van der Waals surface area contributed by atoms with Gasteiger partial charge < -0.3 is 18.6 Å². The lowest BCUT2D eigenvalue weighted by molar-refractivity contribution is 0.669. The molecule has 86 heavy (non-hydrogen) atoms. The van der Waals surface area contributed by atoms with Crippen molar-refractivity contribution in [1.29, 1.82) is 0 Å². The summed E-state index contributed by atoms with van der Waals surface area (Å²) >= 11 is 0. The Morgan fingerprint density at radius 2 is 0.558 bits per heavy atom. The highest BCUT2D eigenvalue weighted by Gasteiger charge is 2.24. The summed E-state index contributed by atoms with van der Waals surface area (Å²) in [5.41, 5.74) is 23.7. The van der Waals surface area contributed by atoms with Crippen LogP contribution in [0.3, 0.4) is 0 Å². The molecule has 14 aromatic carbocycles. The summed E-state index contributed by atoms with van der Waals surface area (Å²) in [5.74, 6) is 0. The minimum atomic E-state index is 0.893. The third-order valence-corrected chi connectivity index (χ3v) is 17.3. The summed E-state index contributed by atoms with van der Waals surface area (Å²) in [6.45, 7) is 4.49. The Bertz CT molecular complexity index is 4940. The highest BCUT2D eigenvalue weighted by molar-refractivity contribution is 6.11. The molecule has 0 unspecified atom stereocenters. The molecule has 0 atom stereocenters. The van der Waals surface area contributed by atoms with Crippen molar-refractivity contribution >= 4 is 99.5 Å². The van der Waals surface area contributed by atoms with Crippen molar-refractivity contribution in [3.63, 3.8) is 0 Å². The monoisotopic (exact) mass is 1100 g/mol. The van der Waals surface area contributed by atoms with E-state index in [-0.39, 0.29) is 0 Å². The summed E-state index contributed by atoms with van der Waals surface area (Å²) in [6.07, 6.45) is 0. The molecule has 16 rings (SSSR count). The Morgan fingerprint density at radius 1 is 0.233 bits per heavy atom. The molecule has 0 N–H and O–H groups in total. The molecule has 0 amide bonds. The minimum absolute atomic E-state index is 0.893. The van der Waals surface area contributed by atoms with E-state index in [1.54, 1.807) is 0 Å². The highest BCUT2D eigenvalue weighted by atomic mass is 16.3. The zero-order valence-electron chi connectivity index (χ0n) is 47.6. The molecule has 0 aliphatic heterocycles. The van der Waals surface area contributed by atoms with Crippen LogP contribution in [0, 0.1) is 13.8 Å². The van der Waals surface area contributed by atoms with Crippen LogP contribution in [-0.2, 0) is 0 Å². The Labute approximate surface area is 499 Å². The lowest BCUT2D eigenvalue weighted by Gasteiger charge is -2.30. The minimum Gasteiger partial charge on any atom is -0.455 e. The van der Waals surface area contributed by atoms with Gasteiger partial charge in [0, 0.05) is 66.5 Å². The van der Waals surface area contributed by atoms with Crippen molar-refractivity contribution in [3.05, 3.63) is 314 Å². The number of hydrogen-bond acceptors (Lipinski definition) is 4. The second-order valence-electron chi connectivity index (χ2n) is 22.4. The van der Waals surface area contributed by atoms with Crippen LogP contribution in [0.5, 0.6) is 0 Å². The van der Waals surface area contributed by atoms with Gasteiger partial charge in [0.2, 0.25) is 0 Å². The summed E-state index contributed by atoms with van der Waals surface area (Å²) in [4.78, 5) is 4.87. The number of aryl methyl sites for hydroxylation is 2. The first-order valence-electron chi connectivity index (χ1n) is 29.5. The van der Waals surface area contributed by atoms with Gasteiger partial charge in [0.1, 0.15) is 22.3 Å². The highest BCUT2D eigenvalue weighted by Crippen LogP contribution is 2.48. The first kappa shape index (κ1) is 50.5. The number of rotatable bonds is 11. The van der Waals surface area contributed by atoms with Gasteiger partial charge in [-0.3, -0.25) is 0 Å². The topological polar surface area (TPSA) is 32.8 Å². The third kappa shape index (κ3) is 8.61. The van der Waals surface area contributed by atoms with Crippen LogP contribution >= 0.6 is 0 Å². The molecule has 0 radical (unpaired) electrons. The number of hydrogen-bond donors (Lipinski definition) is 0. The molecule has 0 aliphatic rings. The van der Waals surface area contributed by atoms with E-state index in [2.05, 4.69) is 303 Å². The third-order valence-electron chi connectivity index (χ3n) is 17.3. The van der Waals surface area contributed by atoms with E-state index in [0.29, 0.717) is 0 Å². The van der Waals surface area contributed by atoms with Crippen LogP contribution in [0.4, 0.5) is 34.1 Å². The predicted molar refractivity (Wildman–Crippen MR) is 362 cm³/mol. The van der Waals surface area contributed by atoms with Crippen molar-refractivity contribution < 1.29 is 8.83 Å². The molecule has 0 spiro atoms. The van der Waals surface area contributed by atoms with Crippen LogP contribution in [0.2, 0.25) is 0 Å². The van der Waals surface area contributed by atoms with Gasteiger partial charge in [-0.2, -0.15) is 0 Å². The van der Waals surface area contributed by atoms with E-state index in [9.17, 15) is 0 Å². The molecule has 2 heterocycles. The van der Waals surface area contributed by atoms with Crippen molar-refractivity contribution in [3.8, 4) is 55.6 Å². The molecular formula is C82H56N2O2. The quantitative estimate of drug-likeness (QED) is 0.129. The van der Waals surface area contributed by atoms with Crippen molar-refractivity contribution in [2.45, 2.75) is 13.8 Å². The summed E-state index contributed by atoms with van der Waals surface area (Å²) in [5, 5.41) is 9.33. The fourth-order valence-electron chi connectivity index (χ4n) is 13.2. The van der Waals surface area contributed by atoms with Crippen LogP contribution in [0.1, 0.15) is 11.1 Å². The fraction of sp³-hybridized carbons (Fsp3) is 0.0244. The zero-order chi connectivity index (χ0) is 57.2. The van der Waals surface area contributed by atoms with Crippen molar-refractivity contribution in [1.82, 2.24) is 0 Å². The van der Waals surface area contributed by atoms with Crippen LogP contribution in [0.15, 0.2) is 312 Å². The molecule has 16 aromatic rings. The number of anilines is 6. The van der Waals surface area contributed by atoms with E-state index in [4.69, 9.17) is 8.83 Å². The standard InChI is InChI=1S/C82H56N2O2/c1-53-51-59(43-49-75(53)83(77-35-11-7-25-69(77)67-31-15-21-55-19-3-5-23-63(55)67)61-45-39-57(40-46-61)65-29-17-33-73-71-27-9-13-37-79(71)85-81(65)73)60-44-50-76(54(2)52-60)84(78-36-12-8-26-70(78)68-32-16-22-56-20-4-6-24-64(56)68)62-47-41-58(42-48-62)66-30-18-34-74-72-28-10-14-38-80(72)86-82(66)74/h3-52H,1-2H3. The zero-order valence-corrected chi connectivity index (χ0v) is 47.6. The molecule has 0 bridgehead atoms. The molecule has 0 aliphatic carbocycles. The van der Waals surface area contributed by atoms with Gasteiger partial charge in [-0.15, -0.1) is 0 Å². The number of furan rings is 2. The van der Waals surface area contributed by atoms with Gasteiger partial charge in [-0.25, -0.2) is 0 Å². The Morgan fingerprint density at radius 3 is 1.00 bits per heavy atom. The average Bonchev–Trinajstić information content (AvgIpc) is 2.01. The lowest BCUT2D eigenvalue weighted by Crippen LogP contribution is -2.13. The van der Waals surface area contributed by atoms with Gasteiger partial charge in [-0.1, -0.05) is 231 Å². The summed E-state index contributed by atoms with van der Waals surface area (Å²) in [6, 6.07) is 110. The molecule has 0 saturated heterocycles. The predicted octanol–water partition coefficient (Wildman–Crippen LogP) is 23.7. The number of fused-ring (bicyclic) bond motifs is 8. The Hall–Kier alpha value is -11.2. The van der Waals surface area contributed by atoms with E-state index in [1.165, 1.54) is 32.7 Å². The molecule has 2 aromatic heterocycles. The maximum Gasteiger partial charge on any atom is 0.143 e. The smallest absolute Gasteiger partial charge is 0.143 e. The van der Waals surface area contributed by atoms with Gasteiger partial charge in [0.15, 0.2) is 0 Å². The fourth-order valence-corrected chi connectivity index (χ4v) is 13.2. The van der Waals surface area contributed by atoms with Crippen molar-refractivity contribution in [2.24, 2.45) is 0 Å². The normalized spacial score (nSPS) is 11.6. The van der Waals surface area contributed by atoms with E-state index in [1.807, 2.05) is 24.3 Å². The van der Waals surface area contributed by atoms with Gasteiger partial charge >= 0.3 is 0 Å². The average molecular weight is 1100 g/mol. The number of nitrogens with zero attached hydrogens (tertiary/aromatic N) is 2. The van der Waals surface area contributed by atoms with Crippen molar-refractivity contribution in [2.75, 3.05) is 9.80 Å². The molecule has 4 heteroatoms. The Kier molecular flexibility index (Phi) is 12.3. The van der Waals surface area contributed by atoms with Gasteiger partial charge in [-0.05, 0) is 153 Å². The van der Waals surface area contributed by atoms with Crippen LogP contribution in [-0.4, -0.2) is 0 Å². The Balaban J connectivity index is 0.803. The van der Waals surface area contributed by atoms with Gasteiger partial charge in [0.25, 0.3) is 0 Å². The van der Waals surface area contributed by atoms with E-state index in [0.717, 1.165) is 134 Å². The summed E-state index contributed by atoms with van der Waals surface area (Å²) < 4.78 is 13.1. The maximum atomic E-state index is 6.54. The molecule has 0 fully saturated rings. The van der Waals surface area contributed by atoms with Crippen LogP contribution < -0.4 is 9.80 Å². The molecule has 4 nitrogen and oxygen atoms in total. The number of para-hydroxylation sites is 6. The first-order chi connectivity index (χ1) is 42.5. The van der Waals surface area contributed by atoms with Crippen LogP contribution in [0.25, 0.3) is 121 Å². The SMILES string of the molecule is Cc1cc(-c2ccc(N(c3ccc(-c4cccc5c4oc4ccccc45)cc3)c3ccccc3-c3cccc4ccccc34)c(C)c2)ccc1N(c1ccc(-c2cccc3c2oc2ccccc23)cc1)c1ccccc1-c1cccc2ccccc12. The lowest BCUT2D eigenvalue weighted by atomic mass is 9.94. The second-order valence-corrected chi connectivity index (χ2v) is 22.4. The van der Waals surface area contributed by atoms with Gasteiger partial charge in [0.05, 0.1) is 11.4 Å². The number of benzene rings is 14. The maximum absolute atomic E-state index is 6.54. The first-order valence-corrected chi connectivity index (χ1v) is 29.5. The van der Waals surface area contributed by atoms with E-state index >= 15 is 0 Å². The molecule has 406 valence electrons. The largest absolute Gasteiger partial charge is 0.455 e. The summed E-state index contributed by atoms with van der Waals surface area (Å²) in [7, 11) is 0.